The third-order valence-electron chi connectivity index (χ3n) is 4.40. The van der Waals surface area contributed by atoms with E-state index in [1.807, 2.05) is 48.5 Å². The van der Waals surface area contributed by atoms with Gasteiger partial charge in [-0.25, -0.2) is 4.98 Å². The topological polar surface area (TPSA) is 64.1 Å². The third-order valence-corrected chi connectivity index (χ3v) is 4.40. The van der Waals surface area contributed by atoms with E-state index in [0.29, 0.717) is 23.0 Å². The molecule has 0 atom stereocenters. The Bertz CT molecular complexity index is 887. The lowest BCUT2D eigenvalue weighted by Gasteiger charge is -2.13. The normalized spacial score (nSPS) is 14.6. The minimum atomic E-state index is -0.275. The summed E-state index contributed by atoms with van der Waals surface area (Å²) in [4.78, 5) is 21.0. The van der Waals surface area contributed by atoms with Crippen LogP contribution in [0.1, 0.15) is 36.2 Å². The Balaban J connectivity index is 1.44. The zero-order valence-electron chi connectivity index (χ0n) is 13.8. The molecule has 5 heteroatoms. The van der Waals surface area contributed by atoms with Crippen molar-refractivity contribution in [1.29, 1.82) is 0 Å². The summed E-state index contributed by atoms with van der Waals surface area (Å²) >= 11 is 0. The first-order valence-electron chi connectivity index (χ1n) is 8.58. The van der Waals surface area contributed by atoms with Crippen LogP contribution in [0.3, 0.4) is 0 Å². The van der Waals surface area contributed by atoms with Gasteiger partial charge in [-0.15, -0.1) is 0 Å². The van der Waals surface area contributed by atoms with Crippen LogP contribution in [0, 0.1) is 0 Å². The lowest BCUT2D eigenvalue weighted by atomic mass is 10.2. The molecule has 2 aromatic carbocycles. The number of ether oxygens (including phenoxy) is 1. The zero-order valence-corrected chi connectivity index (χ0v) is 13.8. The molecule has 0 aliphatic heterocycles. The molecule has 1 aromatic heterocycles. The van der Waals surface area contributed by atoms with E-state index in [2.05, 4.69) is 15.3 Å². The summed E-state index contributed by atoms with van der Waals surface area (Å²) in [5.74, 6) is 0.568. The van der Waals surface area contributed by atoms with Crippen LogP contribution in [0.25, 0.3) is 11.0 Å². The summed E-state index contributed by atoms with van der Waals surface area (Å²) in [5, 5.41) is 2.85. The van der Waals surface area contributed by atoms with Crippen molar-refractivity contribution in [1.82, 2.24) is 9.97 Å². The maximum Gasteiger partial charge on any atom is 0.275 e. The van der Waals surface area contributed by atoms with E-state index in [4.69, 9.17) is 4.74 Å². The number of carbonyl (C=O) groups is 1. The highest BCUT2D eigenvalue weighted by molar-refractivity contribution is 6.03. The fourth-order valence-corrected chi connectivity index (χ4v) is 3.08. The van der Waals surface area contributed by atoms with Gasteiger partial charge in [-0.05, 0) is 62.1 Å². The minimum absolute atomic E-state index is 0.275. The lowest BCUT2D eigenvalue weighted by molar-refractivity contribution is 0.102. The summed E-state index contributed by atoms with van der Waals surface area (Å²) < 4.78 is 5.93. The molecule has 1 aliphatic carbocycles. The van der Waals surface area contributed by atoms with Crippen molar-refractivity contribution in [2.45, 2.75) is 31.8 Å². The summed E-state index contributed by atoms with van der Waals surface area (Å²) in [6.45, 7) is 0. The van der Waals surface area contributed by atoms with E-state index < -0.39 is 0 Å². The van der Waals surface area contributed by atoms with Crippen molar-refractivity contribution < 1.29 is 9.53 Å². The average molecular weight is 333 g/mol. The second kappa shape index (κ2) is 6.89. The number of rotatable bonds is 4. The van der Waals surface area contributed by atoms with Crippen LogP contribution in [0.2, 0.25) is 0 Å². The second-order valence-electron chi connectivity index (χ2n) is 6.25. The second-order valence-corrected chi connectivity index (χ2v) is 6.25. The number of amides is 1. The molecule has 1 heterocycles. The van der Waals surface area contributed by atoms with Gasteiger partial charge < -0.3 is 10.1 Å². The summed E-state index contributed by atoms with van der Waals surface area (Å²) in [5.41, 5.74) is 2.48. The first-order valence-corrected chi connectivity index (χ1v) is 8.58. The van der Waals surface area contributed by atoms with Crippen molar-refractivity contribution >= 4 is 22.6 Å². The Labute approximate surface area is 146 Å². The molecule has 1 N–H and O–H groups in total. The number of anilines is 1. The quantitative estimate of drug-likeness (QED) is 0.777. The monoisotopic (exact) mass is 333 g/mol. The van der Waals surface area contributed by atoms with Gasteiger partial charge in [0.05, 0.1) is 23.3 Å². The van der Waals surface area contributed by atoms with Gasteiger partial charge in [0.25, 0.3) is 5.91 Å². The Kier molecular flexibility index (Phi) is 4.29. The smallest absolute Gasteiger partial charge is 0.275 e. The molecule has 1 amide bonds. The summed E-state index contributed by atoms with van der Waals surface area (Å²) in [6.07, 6.45) is 6.55. The fourth-order valence-electron chi connectivity index (χ4n) is 3.08. The van der Waals surface area contributed by atoms with Crippen molar-refractivity contribution in [3.63, 3.8) is 0 Å². The van der Waals surface area contributed by atoms with Gasteiger partial charge in [0, 0.05) is 5.69 Å². The van der Waals surface area contributed by atoms with E-state index in [0.717, 1.165) is 24.1 Å². The molecule has 3 aromatic rings. The molecule has 1 saturated carbocycles. The molecule has 0 spiro atoms. The standard InChI is InChI=1S/C20H19N3O2/c24-20(19-13-21-17-7-3-4-8-18(17)23-19)22-14-9-11-16(12-10-14)25-15-5-1-2-6-15/h3-4,7-13,15H,1-2,5-6H2,(H,22,24). The minimum Gasteiger partial charge on any atom is -0.490 e. The Hall–Kier alpha value is -2.95. The molecule has 0 bridgehead atoms. The van der Waals surface area contributed by atoms with Gasteiger partial charge in [-0.1, -0.05) is 12.1 Å². The Morgan fingerprint density at radius 3 is 2.48 bits per heavy atom. The number of carbonyl (C=O) groups excluding carboxylic acids is 1. The highest BCUT2D eigenvalue weighted by Crippen LogP contribution is 2.25. The molecule has 126 valence electrons. The fraction of sp³-hybridized carbons (Fsp3) is 0.250. The van der Waals surface area contributed by atoms with Crippen molar-refractivity contribution in [3.8, 4) is 5.75 Å². The van der Waals surface area contributed by atoms with Gasteiger partial charge in [0.1, 0.15) is 11.4 Å². The van der Waals surface area contributed by atoms with Crippen molar-refractivity contribution in [2.75, 3.05) is 5.32 Å². The third kappa shape index (κ3) is 3.60. The lowest BCUT2D eigenvalue weighted by Crippen LogP contribution is -2.14. The number of fused-ring (bicyclic) bond motifs is 1. The van der Waals surface area contributed by atoms with Crippen LogP contribution in [-0.4, -0.2) is 22.0 Å². The molecule has 0 unspecified atom stereocenters. The van der Waals surface area contributed by atoms with E-state index >= 15 is 0 Å². The first kappa shape index (κ1) is 15.6. The predicted octanol–water partition coefficient (Wildman–Crippen LogP) is 4.20. The highest BCUT2D eigenvalue weighted by Gasteiger charge is 2.16. The van der Waals surface area contributed by atoms with Gasteiger partial charge >= 0.3 is 0 Å². The number of hydrogen-bond donors (Lipinski definition) is 1. The number of hydrogen-bond acceptors (Lipinski definition) is 4. The van der Waals surface area contributed by atoms with E-state index in [-0.39, 0.29) is 5.91 Å². The number of nitrogens with one attached hydrogen (secondary N) is 1. The van der Waals surface area contributed by atoms with E-state index in [1.54, 1.807) is 0 Å². The number of aromatic nitrogens is 2. The summed E-state index contributed by atoms with van der Waals surface area (Å²) in [7, 11) is 0. The average Bonchev–Trinajstić information content (AvgIpc) is 3.16. The highest BCUT2D eigenvalue weighted by atomic mass is 16.5. The van der Waals surface area contributed by atoms with Crippen LogP contribution in [-0.2, 0) is 0 Å². The van der Waals surface area contributed by atoms with Crippen molar-refractivity contribution in [3.05, 3.63) is 60.4 Å². The molecule has 0 saturated heterocycles. The number of benzene rings is 2. The molecule has 25 heavy (non-hydrogen) atoms. The number of para-hydroxylation sites is 2. The maximum atomic E-state index is 12.4. The summed E-state index contributed by atoms with van der Waals surface area (Å²) in [6, 6.07) is 14.9. The van der Waals surface area contributed by atoms with Crippen LogP contribution < -0.4 is 10.1 Å². The van der Waals surface area contributed by atoms with E-state index in [9.17, 15) is 4.79 Å². The van der Waals surface area contributed by atoms with Gasteiger partial charge in [-0.2, -0.15) is 0 Å². The van der Waals surface area contributed by atoms with Gasteiger partial charge in [-0.3, -0.25) is 9.78 Å². The Morgan fingerprint density at radius 1 is 1.00 bits per heavy atom. The molecule has 1 aliphatic rings. The molecular weight excluding hydrogens is 314 g/mol. The molecule has 5 nitrogen and oxygen atoms in total. The molecule has 0 radical (unpaired) electrons. The number of nitrogens with zero attached hydrogens (tertiary/aromatic N) is 2. The van der Waals surface area contributed by atoms with Gasteiger partial charge in [0.15, 0.2) is 0 Å². The van der Waals surface area contributed by atoms with Crippen LogP contribution in [0.15, 0.2) is 54.7 Å². The molecular formula is C20H19N3O2. The zero-order chi connectivity index (χ0) is 17.1. The van der Waals surface area contributed by atoms with Crippen LogP contribution in [0.4, 0.5) is 5.69 Å². The molecule has 1 fully saturated rings. The van der Waals surface area contributed by atoms with E-state index in [1.165, 1.54) is 19.0 Å². The maximum absolute atomic E-state index is 12.4. The molecule has 4 rings (SSSR count). The van der Waals surface area contributed by atoms with Crippen molar-refractivity contribution in [2.24, 2.45) is 0 Å². The Morgan fingerprint density at radius 2 is 1.72 bits per heavy atom. The largest absolute Gasteiger partial charge is 0.490 e. The predicted molar refractivity (Wildman–Crippen MR) is 96.8 cm³/mol. The SMILES string of the molecule is O=C(Nc1ccc(OC2CCCC2)cc1)c1cnc2ccccc2n1. The van der Waals surface area contributed by atoms with Crippen LogP contribution in [0.5, 0.6) is 5.75 Å². The van der Waals surface area contributed by atoms with Crippen LogP contribution >= 0.6 is 0 Å². The van der Waals surface area contributed by atoms with Gasteiger partial charge in [0.2, 0.25) is 0 Å². The first-order chi connectivity index (χ1) is 12.3.